The number of urea groups is 1. The Bertz CT molecular complexity index is 617. The monoisotopic (exact) mass is 290 g/mol. The van der Waals surface area contributed by atoms with Crippen molar-refractivity contribution in [1.29, 1.82) is 0 Å². The highest BCUT2D eigenvalue weighted by Crippen LogP contribution is 2.15. The molecule has 2 aromatic rings. The molecule has 21 heavy (non-hydrogen) atoms. The summed E-state index contributed by atoms with van der Waals surface area (Å²) in [6.07, 6.45) is 0. The highest BCUT2D eigenvalue weighted by atomic mass is 19.1. The normalized spacial score (nSPS) is 11.8. The summed E-state index contributed by atoms with van der Waals surface area (Å²) < 4.78 is 26.2. The van der Waals surface area contributed by atoms with Gasteiger partial charge in [0.2, 0.25) is 0 Å². The predicted octanol–water partition coefficient (Wildman–Crippen LogP) is 3.89. The van der Waals surface area contributed by atoms with Crippen LogP contribution in [-0.4, -0.2) is 12.6 Å². The number of nitrogens with one attached hydrogen (secondary N) is 2. The number of rotatable bonds is 4. The second-order valence-corrected chi connectivity index (χ2v) is 4.77. The summed E-state index contributed by atoms with van der Waals surface area (Å²) in [4.78, 5) is 11.7. The van der Waals surface area contributed by atoms with Gasteiger partial charge in [0.1, 0.15) is 11.6 Å². The van der Waals surface area contributed by atoms with E-state index in [-0.39, 0.29) is 11.6 Å². The standard InChI is InChI=1S/C16H16F2N2O/c1-11(12-5-3-2-4-6-12)10-19-16(21)20-15-8-7-13(17)9-14(15)18/h2-9,11H,10H2,1H3,(H2,19,20,21). The Morgan fingerprint density at radius 1 is 1.14 bits per heavy atom. The minimum Gasteiger partial charge on any atom is -0.337 e. The molecule has 0 bridgehead atoms. The van der Waals surface area contributed by atoms with Gasteiger partial charge in [-0.15, -0.1) is 0 Å². The van der Waals surface area contributed by atoms with E-state index in [1.54, 1.807) is 0 Å². The van der Waals surface area contributed by atoms with E-state index >= 15 is 0 Å². The van der Waals surface area contributed by atoms with Gasteiger partial charge in [-0.3, -0.25) is 0 Å². The Hall–Kier alpha value is -2.43. The number of benzene rings is 2. The van der Waals surface area contributed by atoms with Gasteiger partial charge in [-0.1, -0.05) is 37.3 Å². The molecule has 0 aliphatic carbocycles. The van der Waals surface area contributed by atoms with Crippen LogP contribution in [0.5, 0.6) is 0 Å². The molecule has 0 aromatic heterocycles. The first-order valence-electron chi connectivity index (χ1n) is 6.61. The van der Waals surface area contributed by atoms with Crippen molar-refractivity contribution in [3.63, 3.8) is 0 Å². The Morgan fingerprint density at radius 3 is 2.52 bits per heavy atom. The highest BCUT2D eigenvalue weighted by molar-refractivity contribution is 5.89. The molecule has 0 saturated carbocycles. The van der Waals surface area contributed by atoms with Crippen molar-refractivity contribution < 1.29 is 13.6 Å². The minimum atomic E-state index is -0.804. The number of hydrogen-bond acceptors (Lipinski definition) is 1. The van der Waals surface area contributed by atoms with Gasteiger partial charge in [-0.25, -0.2) is 13.6 Å². The molecule has 2 aromatic carbocycles. The third-order valence-corrected chi connectivity index (χ3v) is 3.12. The molecule has 2 rings (SSSR count). The molecule has 110 valence electrons. The zero-order chi connectivity index (χ0) is 15.2. The summed E-state index contributed by atoms with van der Waals surface area (Å²) in [5, 5.41) is 5.01. The molecule has 0 spiro atoms. The fraction of sp³-hybridized carbons (Fsp3) is 0.188. The molecule has 0 aliphatic rings. The van der Waals surface area contributed by atoms with Gasteiger partial charge < -0.3 is 10.6 Å². The van der Waals surface area contributed by atoms with Crippen LogP contribution in [0.4, 0.5) is 19.3 Å². The third-order valence-electron chi connectivity index (χ3n) is 3.12. The minimum absolute atomic E-state index is 0.0544. The highest BCUT2D eigenvalue weighted by Gasteiger charge is 2.10. The van der Waals surface area contributed by atoms with Gasteiger partial charge in [-0.2, -0.15) is 0 Å². The molecule has 0 fully saturated rings. The number of carbonyl (C=O) groups excluding carboxylic acids is 1. The van der Waals surface area contributed by atoms with Crippen molar-refractivity contribution in [3.8, 4) is 0 Å². The van der Waals surface area contributed by atoms with Gasteiger partial charge in [0, 0.05) is 12.6 Å². The van der Waals surface area contributed by atoms with Crippen molar-refractivity contribution in [2.45, 2.75) is 12.8 Å². The van der Waals surface area contributed by atoms with E-state index < -0.39 is 17.7 Å². The van der Waals surface area contributed by atoms with Gasteiger partial charge >= 0.3 is 6.03 Å². The van der Waals surface area contributed by atoms with Crippen LogP contribution < -0.4 is 10.6 Å². The van der Waals surface area contributed by atoms with Crippen molar-refractivity contribution in [2.24, 2.45) is 0 Å². The van der Waals surface area contributed by atoms with Crippen molar-refractivity contribution in [3.05, 3.63) is 65.7 Å². The molecule has 2 N–H and O–H groups in total. The van der Waals surface area contributed by atoms with E-state index in [0.717, 1.165) is 17.7 Å². The van der Waals surface area contributed by atoms with Crippen LogP contribution in [-0.2, 0) is 0 Å². The smallest absolute Gasteiger partial charge is 0.319 e. The van der Waals surface area contributed by atoms with E-state index in [1.165, 1.54) is 6.07 Å². The molecule has 2 amide bonds. The lowest BCUT2D eigenvalue weighted by molar-refractivity contribution is 0.251. The third kappa shape index (κ3) is 4.27. The van der Waals surface area contributed by atoms with Crippen LogP contribution in [0, 0.1) is 11.6 Å². The molecule has 0 radical (unpaired) electrons. The van der Waals surface area contributed by atoms with Crippen LogP contribution in [0.1, 0.15) is 18.4 Å². The van der Waals surface area contributed by atoms with Gasteiger partial charge in [0.05, 0.1) is 5.69 Å². The first-order valence-corrected chi connectivity index (χ1v) is 6.61. The summed E-state index contributed by atoms with van der Waals surface area (Å²) in [6, 6.07) is 12.2. The Labute approximate surface area is 122 Å². The van der Waals surface area contributed by atoms with Gasteiger partial charge in [-0.05, 0) is 23.6 Å². The average Bonchev–Trinajstić information content (AvgIpc) is 2.48. The molecule has 0 heterocycles. The lowest BCUT2D eigenvalue weighted by Crippen LogP contribution is -2.32. The zero-order valence-electron chi connectivity index (χ0n) is 11.6. The largest absolute Gasteiger partial charge is 0.337 e. The first kappa shape index (κ1) is 15.0. The summed E-state index contributed by atoms with van der Waals surface area (Å²) in [5.74, 6) is -1.35. The number of halogens is 2. The van der Waals surface area contributed by atoms with Crippen molar-refractivity contribution >= 4 is 11.7 Å². The van der Waals surface area contributed by atoms with Crippen LogP contribution in [0.2, 0.25) is 0 Å². The molecule has 3 nitrogen and oxygen atoms in total. The maximum atomic E-state index is 13.4. The lowest BCUT2D eigenvalue weighted by Gasteiger charge is -2.14. The second kappa shape index (κ2) is 6.83. The van der Waals surface area contributed by atoms with E-state index in [0.29, 0.717) is 6.54 Å². The zero-order valence-corrected chi connectivity index (χ0v) is 11.6. The number of anilines is 1. The topological polar surface area (TPSA) is 41.1 Å². The van der Waals surface area contributed by atoms with E-state index in [9.17, 15) is 13.6 Å². The lowest BCUT2D eigenvalue weighted by atomic mass is 10.0. The molecular weight excluding hydrogens is 274 g/mol. The summed E-state index contributed by atoms with van der Waals surface area (Å²) in [5.41, 5.74) is 1.05. The molecular formula is C16H16F2N2O. The SMILES string of the molecule is CC(CNC(=O)Nc1ccc(F)cc1F)c1ccccc1. The van der Waals surface area contributed by atoms with E-state index in [2.05, 4.69) is 10.6 Å². The molecule has 1 atom stereocenters. The Morgan fingerprint density at radius 2 is 1.86 bits per heavy atom. The average molecular weight is 290 g/mol. The van der Waals surface area contributed by atoms with Crippen LogP contribution in [0.15, 0.2) is 48.5 Å². The first-order chi connectivity index (χ1) is 10.1. The molecule has 0 saturated heterocycles. The summed E-state index contributed by atoms with van der Waals surface area (Å²) in [6.45, 7) is 2.40. The maximum Gasteiger partial charge on any atom is 0.319 e. The molecule has 5 heteroatoms. The maximum absolute atomic E-state index is 13.4. The number of carbonyl (C=O) groups is 1. The molecule has 0 aliphatic heterocycles. The summed E-state index contributed by atoms with van der Waals surface area (Å²) in [7, 11) is 0. The second-order valence-electron chi connectivity index (χ2n) is 4.77. The van der Waals surface area contributed by atoms with Gasteiger partial charge in [0.15, 0.2) is 0 Å². The van der Waals surface area contributed by atoms with E-state index in [4.69, 9.17) is 0 Å². The van der Waals surface area contributed by atoms with Crippen LogP contribution in [0.25, 0.3) is 0 Å². The Kier molecular flexibility index (Phi) is 4.87. The van der Waals surface area contributed by atoms with E-state index in [1.807, 2.05) is 37.3 Å². The number of amides is 2. The summed E-state index contributed by atoms with van der Waals surface area (Å²) >= 11 is 0. The molecule has 1 unspecified atom stereocenters. The quantitative estimate of drug-likeness (QED) is 0.881. The van der Waals surface area contributed by atoms with Gasteiger partial charge in [0.25, 0.3) is 0 Å². The fourth-order valence-corrected chi connectivity index (χ4v) is 1.90. The van der Waals surface area contributed by atoms with Crippen molar-refractivity contribution in [2.75, 3.05) is 11.9 Å². The fourth-order valence-electron chi connectivity index (χ4n) is 1.90. The predicted molar refractivity (Wildman–Crippen MR) is 78.2 cm³/mol. The van der Waals surface area contributed by atoms with Crippen molar-refractivity contribution in [1.82, 2.24) is 5.32 Å². The Balaban J connectivity index is 1.87. The van der Waals surface area contributed by atoms with Crippen LogP contribution in [0.3, 0.4) is 0 Å². The van der Waals surface area contributed by atoms with Crippen LogP contribution >= 0.6 is 0 Å². The number of hydrogen-bond donors (Lipinski definition) is 2.